The van der Waals surface area contributed by atoms with E-state index in [0.29, 0.717) is 6.54 Å². The summed E-state index contributed by atoms with van der Waals surface area (Å²) in [5.74, 6) is -2.90. The van der Waals surface area contributed by atoms with Gasteiger partial charge in [0.2, 0.25) is 0 Å². The molecule has 1 atom stereocenters. The van der Waals surface area contributed by atoms with Crippen molar-refractivity contribution in [3.05, 3.63) is 0 Å². The van der Waals surface area contributed by atoms with Gasteiger partial charge in [-0.05, 0) is 34.1 Å². The van der Waals surface area contributed by atoms with Crippen LogP contribution in [0.4, 0.5) is 0 Å². The van der Waals surface area contributed by atoms with E-state index in [1.54, 1.807) is 13.8 Å². The third kappa shape index (κ3) is 2.51. The number of carbonyl (C=O) groups excluding carboxylic acids is 2. The second-order valence-electron chi connectivity index (χ2n) is 7.08. The predicted molar refractivity (Wildman–Crippen MR) is 76.7 cm³/mol. The molecular formula is C15H25NO6. The van der Waals surface area contributed by atoms with Crippen molar-refractivity contribution in [2.45, 2.75) is 69.9 Å². The molecule has 7 heteroatoms. The zero-order valence-electron chi connectivity index (χ0n) is 13.6. The molecule has 1 unspecified atom stereocenters. The average Bonchev–Trinajstić information content (AvgIpc) is 2.54. The van der Waals surface area contributed by atoms with Crippen LogP contribution in [-0.2, 0) is 19.1 Å². The van der Waals surface area contributed by atoms with Crippen molar-refractivity contribution >= 4 is 11.9 Å². The Labute approximate surface area is 130 Å². The summed E-state index contributed by atoms with van der Waals surface area (Å²) in [5.41, 5.74) is -1.45. The van der Waals surface area contributed by atoms with Gasteiger partial charge in [0.15, 0.2) is 0 Å². The maximum absolute atomic E-state index is 11.9. The number of β-amino-alcohol motifs (C(OH)–C–C–N with tert-alkyl or cyclic N) is 1. The van der Waals surface area contributed by atoms with Gasteiger partial charge in [-0.2, -0.15) is 0 Å². The highest BCUT2D eigenvalue weighted by atomic mass is 16.7. The average molecular weight is 315 g/mol. The second kappa shape index (κ2) is 5.47. The Balaban J connectivity index is 2.52. The third-order valence-corrected chi connectivity index (χ3v) is 4.78. The molecule has 0 aromatic heterocycles. The van der Waals surface area contributed by atoms with Crippen molar-refractivity contribution in [2.24, 2.45) is 0 Å². The summed E-state index contributed by atoms with van der Waals surface area (Å²) in [5, 5.41) is 20.0. The summed E-state index contributed by atoms with van der Waals surface area (Å²) in [6.45, 7) is 7.57. The molecule has 0 aromatic rings. The Morgan fingerprint density at radius 3 is 2.09 bits per heavy atom. The fourth-order valence-corrected chi connectivity index (χ4v) is 3.80. The molecule has 2 fully saturated rings. The number of rotatable bonds is 2. The van der Waals surface area contributed by atoms with Crippen molar-refractivity contribution in [1.29, 1.82) is 0 Å². The molecule has 2 N–H and O–H groups in total. The highest BCUT2D eigenvalue weighted by Gasteiger charge is 2.66. The van der Waals surface area contributed by atoms with Crippen LogP contribution in [0.1, 0.15) is 47.0 Å². The van der Waals surface area contributed by atoms with Gasteiger partial charge in [0.1, 0.15) is 6.10 Å². The van der Waals surface area contributed by atoms with Crippen LogP contribution in [0.15, 0.2) is 0 Å². The lowest BCUT2D eigenvalue weighted by molar-refractivity contribution is -0.331. The maximum Gasteiger partial charge on any atom is 0.309 e. The zero-order valence-corrected chi connectivity index (χ0v) is 13.6. The third-order valence-electron chi connectivity index (χ3n) is 4.78. The molecule has 0 aromatic carbocycles. The van der Waals surface area contributed by atoms with Gasteiger partial charge < -0.3 is 19.7 Å². The van der Waals surface area contributed by atoms with Crippen LogP contribution in [0.2, 0.25) is 0 Å². The van der Waals surface area contributed by atoms with Gasteiger partial charge in [-0.3, -0.25) is 14.5 Å². The fourth-order valence-electron chi connectivity index (χ4n) is 3.80. The van der Waals surface area contributed by atoms with Crippen LogP contribution >= 0.6 is 0 Å². The van der Waals surface area contributed by atoms with E-state index in [9.17, 15) is 19.8 Å². The lowest BCUT2D eigenvalue weighted by Crippen LogP contribution is -2.77. The van der Waals surface area contributed by atoms with E-state index in [-0.39, 0.29) is 25.9 Å². The number of ether oxygens (including phenoxy) is 2. The summed E-state index contributed by atoms with van der Waals surface area (Å²) >= 11 is 0. The maximum atomic E-state index is 11.9. The summed E-state index contributed by atoms with van der Waals surface area (Å²) in [7, 11) is 0. The first-order valence-corrected chi connectivity index (χ1v) is 7.57. The fraction of sp³-hybridized carbons (Fsp3) is 0.867. The molecule has 2 rings (SSSR count). The largest absolute Gasteiger partial charge is 0.418 e. The first-order valence-electron chi connectivity index (χ1n) is 7.57. The number of likely N-dealkylation sites (tertiary alicyclic amines) is 1. The van der Waals surface area contributed by atoms with Crippen molar-refractivity contribution in [3.8, 4) is 0 Å². The summed E-state index contributed by atoms with van der Waals surface area (Å²) in [6, 6.07) is 0. The van der Waals surface area contributed by atoms with E-state index >= 15 is 0 Å². The first kappa shape index (κ1) is 17.2. The Morgan fingerprint density at radius 2 is 1.64 bits per heavy atom. The Hall–Kier alpha value is -1.18. The van der Waals surface area contributed by atoms with Crippen LogP contribution in [0.5, 0.6) is 0 Å². The highest BCUT2D eigenvalue weighted by Crippen LogP contribution is 2.48. The van der Waals surface area contributed by atoms with E-state index in [1.165, 1.54) is 0 Å². The number of carbonyl (C=O) groups is 2. The van der Waals surface area contributed by atoms with Crippen LogP contribution in [0, 0.1) is 0 Å². The molecule has 0 amide bonds. The Morgan fingerprint density at radius 1 is 1.14 bits per heavy atom. The van der Waals surface area contributed by atoms with Crippen molar-refractivity contribution in [1.82, 2.24) is 4.90 Å². The normalized spacial score (nSPS) is 30.5. The van der Waals surface area contributed by atoms with E-state index in [0.717, 1.165) is 0 Å². The van der Waals surface area contributed by atoms with E-state index in [2.05, 4.69) is 0 Å². The summed E-state index contributed by atoms with van der Waals surface area (Å²) < 4.78 is 10.9. The van der Waals surface area contributed by atoms with Gasteiger partial charge in [-0.25, -0.2) is 0 Å². The molecule has 2 heterocycles. The van der Waals surface area contributed by atoms with Crippen LogP contribution in [0.25, 0.3) is 0 Å². The number of hydrogen-bond acceptors (Lipinski definition) is 7. The molecule has 0 radical (unpaired) electrons. The molecule has 2 saturated heterocycles. The minimum Gasteiger partial charge on any atom is -0.418 e. The number of piperidine rings is 1. The summed E-state index contributed by atoms with van der Waals surface area (Å²) in [6.07, 6.45) is -1.02. The number of esters is 2. The lowest BCUT2D eigenvalue weighted by Gasteiger charge is -2.61. The predicted octanol–water partition coefficient (Wildman–Crippen LogP) is 0.179. The first-order chi connectivity index (χ1) is 10.1. The molecule has 2 aliphatic rings. The quantitative estimate of drug-likeness (QED) is 0.702. The van der Waals surface area contributed by atoms with Gasteiger partial charge in [-0.15, -0.1) is 0 Å². The van der Waals surface area contributed by atoms with Gasteiger partial charge in [0.25, 0.3) is 5.79 Å². The van der Waals surface area contributed by atoms with E-state index < -0.39 is 34.9 Å². The Bertz CT molecular complexity index is 455. The monoisotopic (exact) mass is 315 g/mol. The van der Waals surface area contributed by atoms with E-state index in [4.69, 9.17) is 9.47 Å². The molecule has 0 aliphatic carbocycles. The lowest BCUT2D eigenvalue weighted by atomic mass is 9.73. The molecule has 0 saturated carbocycles. The number of hydrogen-bond donors (Lipinski definition) is 2. The minimum atomic E-state index is -1.76. The molecular weight excluding hydrogens is 290 g/mol. The Kier molecular flexibility index (Phi) is 4.27. The molecule has 0 bridgehead atoms. The smallest absolute Gasteiger partial charge is 0.309 e. The zero-order chi connectivity index (χ0) is 16.8. The highest BCUT2D eigenvalue weighted by molar-refractivity contribution is 5.80. The number of aliphatic hydroxyl groups excluding tert-OH is 2. The number of aliphatic hydroxyl groups is 2. The molecule has 22 heavy (non-hydrogen) atoms. The standard InChI is InChI=1S/C15H25NO6/c1-13(2)9-10(18)15(14(3,4)16(13)7-8-17)21-11(19)5-6-12(20)22-15/h10,17-18H,5-9H2,1-4H3. The SMILES string of the molecule is CC1(C)CC(O)C2(OC(=O)CCC(=O)O2)C(C)(C)N1CCO. The topological polar surface area (TPSA) is 96.3 Å². The van der Waals surface area contributed by atoms with Crippen molar-refractivity contribution in [3.63, 3.8) is 0 Å². The van der Waals surface area contributed by atoms with Gasteiger partial charge >= 0.3 is 11.9 Å². The van der Waals surface area contributed by atoms with Crippen LogP contribution < -0.4 is 0 Å². The van der Waals surface area contributed by atoms with Crippen molar-refractivity contribution in [2.75, 3.05) is 13.2 Å². The van der Waals surface area contributed by atoms with Gasteiger partial charge in [-0.1, -0.05) is 0 Å². The molecule has 126 valence electrons. The van der Waals surface area contributed by atoms with Crippen LogP contribution in [0.3, 0.4) is 0 Å². The molecule has 1 spiro atoms. The van der Waals surface area contributed by atoms with E-state index in [1.807, 2.05) is 18.7 Å². The molecule has 7 nitrogen and oxygen atoms in total. The van der Waals surface area contributed by atoms with Crippen molar-refractivity contribution < 1.29 is 29.3 Å². The van der Waals surface area contributed by atoms with Gasteiger partial charge in [0.05, 0.1) is 25.0 Å². The molecule has 2 aliphatic heterocycles. The number of nitrogens with zero attached hydrogens (tertiary/aromatic N) is 1. The van der Waals surface area contributed by atoms with Gasteiger partial charge in [0, 0.05) is 12.1 Å². The van der Waals surface area contributed by atoms with Crippen LogP contribution in [-0.4, -0.2) is 63.2 Å². The second-order valence-corrected chi connectivity index (χ2v) is 7.08. The minimum absolute atomic E-state index is 0.0627. The summed E-state index contributed by atoms with van der Waals surface area (Å²) in [4.78, 5) is 25.8.